The minimum absolute atomic E-state index is 0.721. The molecule has 0 aromatic carbocycles. The maximum absolute atomic E-state index is 6.00. The lowest BCUT2D eigenvalue weighted by molar-refractivity contribution is 0.378. The average molecular weight is 288 g/mol. The van der Waals surface area contributed by atoms with Crippen molar-refractivity contribution in [2.75, 3.05) is 13.1 Å². The van der Waals surface area contributed by atoms with E-state index in [-0.39, 0.29) is 0 Å². The number of thiophene rings is 1. The Hall–Kier alpha value is -0.0500. The Balaban J connectivity index is 2.44. The zero-order chi connectivity index (χ0) is 13.5. The van der Waals surface area contributed by atoms with E-state index in [4.69, 9.17) is 11.6 Å². The van der Waals surface area contributed by atoms with Crippen LogP contribution in [0.3, 0.4) is 0 Å². The second-order valence-corrected chi connectivity index (χ2v) is 7.76. The van der Waals surface area contributed by atoms with E-state index in [2.05, 4.69) is 39.1 Å². The fourth-order valence-electron chi connectivity index (χ4n) is 2.23. The number of hydrogen-bond acceptors (Lipinski definition) is 2. The van der Waals surface area contributed by atoms with Crippen LogP contribution in [0.25, 0.3) is 0 Å². The zero-order valence-corrected chi connectivity index (χ0v) is 13.6. The van der Waals surface area contributed by atoms with Gasteiger partial charge in [-0.2, -0.15) is 0 Å². The summed E-state index contributed by atoms with van der Waals surface area (Å²) in [6.07, 6.45) is 2.43. The smallest absolute Gasteiger partial charge is 0.0931 e. The van der Waals surface area contributed by atoms with Crippen LogP contribution in [-0.4, -0.2) is 13.1 Å². The highest BCUT2D eigenvalue weighted by Gasteiger charge is 2.13. The molecule has 0 amide bonds. The maximum Gasteiger partial charge on any atom is 0.0931 e. The predicted octanol–water partition coefficient (Wildman–Crippen LogP) is 4.85. The normalized spacial score (nSPS) is 13.5. The van der Waals surface area contributed by atoms with Gasteiger partial charge in [0.1, 0.15) is 0 Å². The van der Waals surface area contributed by atoms with Gasteiger partial charge in [0.15, 0.2) is 0 Å². The minimum Gasteiger partial charge on any atom is -0.316 e. The zero-order valence-electron chi connectivity index (χ0n) is 12.0. The maximum atomic E-state index is 6.00. The summed E-state index contributed by atoms with van der Waals surface area (Å²) in [6, 6.07) is 4.18. The first-order valence-electron chi connectivity index (χ1n) is 6.92. The number of halogens is 1. The van der Waals surface area contributed by atoms with Crippen molar-refractivity contribution < 1.29 is 0 Å². The molecule has 0 radical (unpaired) electrons. The molecular weight excluding hydrogens is 262 g/mol. The Labute approximate surface area is 121 Å². The summed E-state index contributed by atoms with van der Waals surface area (Å²) in [5, 5.41) is 3.59. The molecule has 1 heterocycles. The summed E-state index contributed by atoms with van der Waals surface area (Å²) in [6.45, 7) is 11.3. The Bertz CT molecular complexity index is 333. The van der Waals surface area contributed by atoms with Gasteiger partial charge < -0.3 is 5.32 Å². The molecule has 0 aliphatic heterocycles. The van der Waals surface area contributed by atoms with Crippen LogP contribution in [0, 0.1) is 17.8 Å². The van der Waals surface area contributed by atoms with E-state index >= 15 is 0 Å². The average Bonchev–Trinajstić information content (AvgIpc) is 2.62. The predicted molar refractivity (Wildman–Crippen MR) is 83.7 cm³/mol. The van der Waals surface area contributed by atoms with Crippen molar-refractivity contribution in [3.05, 3.63) is 21.3 Å². The Morgan fingerprint density at radius 3 is 2.33 bits per heavy atom. The largest absolute Gasteiger partial charge is 0.316 e. The molecule has 104 valence electrons. The van der Waals surface area contributed by atoms with E-state index in [1.807, 2.05) is 6.07 Å². The van der Waals surface area contributed by atoms with Gasteiger partial charge in [0.2, 0.25) is 0 Å². The van der Waals surface area contributed by atoms with E-state index in [0.717, 1.165) is 41.6 Å². The fourth-order valence-corrected chi connectivity index (χ4v) is 3.43. The molecule has 0 fully saturated rings. The summed E-state index contributed by atoms with van der Waals surface area (Å²) < 4.78 is 0.906. The monoisotopic (exact) mass is 287 g/mol. The summed E-state index contributed by atoms with van der Waals surface area (Å²) >= 11 is 7.72. The lowest BCUT2D eigenvalue weighted by Crippen LogP contribution is -2.28. The van der Waals surface area contributed by atoms with Gasteiger partial charge >= 0.3 is 0 Å². The molecule has 1 N–H and O–H groups in total. The van der Waals surface area contributed by atoms with Crippen molar-refractivity contribution >= 4 is 22.9 Å². The van der Waals surface area contributed by atoms with Crippen LogP contribution in [0.4, 0.5) is 0 Å². The van der Waals surface area contributed by atoms with Crippen LogP contribution >= 0.6 is 22.9 Å². The quantitative estimate of drug-likeness (QED) is 0.720. The van der Waals surface area contributed by atoms with Crippen LogP contribution in [0.15, 0.2) is 12.1 Å². The van der Waals surface area contributed by atoms with E-state index < -0.39 is 0 Å². The van der Waals surface area contributed by atoms with Crippen molar-refractivity contribution in [3.63, 3.8) is 0 Å². The molecule has 0 bridgehead atoms. The van der Waals surface area contributed by atoms with Crippen LogP contribution in [0.5, 0.6) is 0 Å². The second kappa shape index (κ2) is 8.19. The van der Waals surface area contributed by atoms with Crippen molar-refractivity contribution in [1.29, 1.82) is 0 Å². The molecule has 1 atom stereocenters. The highest BCUT2D eigenvalue weighted by Crippen LogP contribution is 2.25. The summed E-state index contributed by atoms with van der Waals surface area (Å²) in [5.41, 5.74) is 0. The van der Waals surface area contributed by atoms with E-state index in [1.54, 1.807) is 11.3 Å². The molecule has 1 nitrogen and oxygen atoms in total. The van der Waals surface area contributed by atoms with Gasteiger partial charge in [-0.25, -0.2) is 0 Å². The lowest BCUT2D eigenvalue weighted by Gasteiger charge is -2.19. The lowest BCUT2D eigenvalue weighted by atomic mass is 9.93. The first kappa shape index (κ1) is 16.0. The molecular formula is C15H26ClNS. The third-order valence-electron chi connectivity index (χ3n) is 2.91. The second-order valence-electron chi connectivity index (χ2n) is 5.96. The Morgan fingerprint density at radius 2 is 1.83 bits per heavy atom. The molecule has 1 unspecified atom stereocenters. The summed E-state index contributed by atoms with van der Waals surface area (Å²) in [4.78, 5) is 1.41. The van der Waals surface area contributed by atoms with Gasteiger partial charge in [-0.15, -0.1) is 11.3 Å². The molecule has 0 saturated carbocycles. The Kier molecular flexibility index (Phi) is 7.28. The van der Waals surface area contributed by atoms with E-state index in [9.17, 15) is 0 Å². The van der Waals surface area contributed by atoms with Gasteiger partial charge in [0, 0.05) is 4.88 Å². The van der Waals surface area contributed by atoms with E-state index in [0.29, 0.717) is 0 Å². The molecule has 1 aromatic rings. The minimum atomic E-state index is 0.721. The molecule has 18 heavy (non-hydrogen) atoms. The molecule has 0 aliphatic carbocycles. The Morgan fingerprint density at radius 1 is 1.11 bits per heavy atom. The molecule has 1 aromatic heterocycles. The van der Waals surface area contributed by atoms with Crippen LogP contribution < -0.4 is 5.32 Å². The topological polar surface area (TPSA) is 12.0 Å². The highest BCUT2D eigenvalue weighted by molar-refractivity contribution is 7.16. The highest BCUT2D eigenvalue weighted by atomic mass is 35.5. The SMILES string of the molecule is CC(C)CNCC(Cc1ccc(Cl)s1)CC(C)C. The first-order valence-corrected chi connectivity index (χ1v) is 8.11. The fraction of sp³-hybridized carbons (Fsp3) is 0.733. The molecule has 0 saturated heterocycles. The van der Waals surface area contributed by atoms with Gasteiger partial charge in [-0.1, -0.05) is 39.3 Å². The van der Waals surface area contributed by atoms with Crippen LogP contribution in [0.2, 0.25) is 4.34 Å². The third kappa shape index (κ3) is 6.77. The number of rotatable bonds is 8. The van der Waals surface area contributed by atoms with Crippen molar-refractivity contribution in [3.8, 4) is 0 Å². The standard InChI is InChI=1S/C15H26ClNS/c1-11(2)7-13(10-17-9-12(3)4)8-14-5-6-15(16)18-14/h5-6,11-13,17H,7-10H2,1-4H3. The first-order chi connectivity index (χ1) is 8.47. The van der Waals surface area contributed by atoms with Gasteiger partial charge in [0.25, 0.3) is 0 Å². The molecule has 3 heteroatoms. The molecule has 1 rings (SSSR count). The van der Waals surface area contributed by atoms with Crippen LogP contribution in [0.1, 0.15) is 39.0 Å². The van der Waals surface area contributed by atoms with Crippen molar-refractivity contribution in [2.45, 2.75) is 40.5 Å². The third-order valence-corrected chi connectivity index (χ3v) is 4.16. The molecule has 0 aliphatic rings. The number of nitrogens with one attached hydrogen (secondary N) is 1. The molecule has 0 spiro atoms. The van der Waals surface area contributed by atoms with Crippen molar-refractivity contribution in [1.82, 2.24) is 5.32 Å². The van der Waals surface area contributed by atoms with Crippen LogP contribution in [-0.2, 0) is 6.42 Å². The summed E-state index contributed by atoms with van der Waals surface area (Å²) in [5.74, 6) is 2.20. The van der Waals surface area contributed by atoms with Gasteiger partial charge in [0.05, 0.1) is 4.34 Å². The van der Waals surface area contributed by atoms with E-state index in [1.165, 1.54) is 11.3 Å². The van der Waals surface area contributed by atoms with Crippen molar-refractivity contribution in [2.24, 2.45) is 17.8 Å². The summed E-state index contributed by atoms with van der Waals surface area (Å²) in [7, 11) is 0. The number of hydrogen-bond donors (Lipinski definition) is 1. The van der Waals surface area contributed by atoms with Gasteiger partial charge in [-0.05, 0) is 55.8 Å². The van der Waals surface area contributed by atoms with Gasteiger partial charge in [-0.3, -0.25) is 0 Å².